The Kier molecular flexibility index (Phi) is 4.35. The fraction of sp³-hybridized carbons (Fsp3) is 0.632. The lowest BCUT2D eigenvalue weighted by molar-refractivity contribution is -0.0659. The standard InChI is InChI=1S/C19H25N3O5/c1-12(2)27-15-13(16(23)25-4)7-22-8-14(20-17(22)21-15)18-5-6-19(9-18,11-24-3)26-10-18/h7-8,12H,5-6,9-11H2,1-4H3. The molecular weight excluding hydrogens is 350 g/mol. The molecule has 3 heterocycles. The maximum absolute atomic E-state index is 12.2. The molecule has 1 aliphatic carbocycles. The molecule has 2 bridgehead atoms. The minimum Gasteiger partial charge on any atom is -0.474 e. The van der Waals surface area contributed by atoms with Crippen LogP contribution in [0.15, 0.2) is 12.4 Å². The summed E-state index contributed by atoms with van der Waals surface area (Å²) < 4.78 is 23.8. The summed E-state index contributed by atoms with van der Waals surface area (Å²) in [6, 6.07) is 0. The van der Waals surface area contributed by atoms with Crippen molar-refractivity contribution in [2.24, 2.45) is 0 Å². The first kappa shape index (κ1) is 18.2. The third-order valence-electron chi connectivity index (χ3n) is 5.49. The third kappa shape index (κ3) is 2.96. The van der Waals surface area contributed by atoms with Crippen LogP contribution in [0.3, 0.4) is 0 Å². The van der Waals surface area contributed by atoms with Crippen LogP contribution in [-0.4, -0.2) is 59.5 Å². The lowest BCUT2D eigenvalue weighted by Crippen LogP contribution is -2.32. The Morgan fingerprint density at radius 2 is 2.11 bits per heavy atom. The SMILES string of the molecule is COCC12CCC(c3cn4cc(C(=O)OC)c(OC(C)C)nc4n3)(CO1)C2. The minimum atomic E-state index is -0.488. The molecule has 1 saturated heterocycles. The number of esters is 1. The molecule has 8 nitrogen and oxygen atoms in total. The fourth-order valence-electron chi connectivity index (χ4n) is 4.24. The average Bonchev–Trinajstić information content (AvgIpc) is 3.31. The zero-order valence-electron chi connectivity index (χ0n) is 16.2. The number of fused-ring (bicyclic) bond motifs is 3. The average molecular weight is 375 g/mol. The maximum atomic E-state index is 12.2. The van der Waals surface area contributed by atoms with Gasteiger partial charge in [-0.25, -0.2) is 9.78 Å². The van der Waals surface area contributed by atoms with Gasteiger partial charge >= 0.3 is 5.97 Å². The number of imidazole rings is 1. The highest BCUT2D eigenvalue weighted by molar-refractivity contribution is 5.91. The molecule has 1 aliphatic heterocycles. The van der Waals surface area contributed by atoms with Crippen molar-refractivity contribution < 1.29 is 23.7 Å². The van der Waals surface area contributed by atoms with Crippen molar-refractivity contribution in [3.05, 3.63) is 23.7 Å². The Morgan fingerprint density at radius 1 is 1.30 bits per heavy atom. The van der Waals surface area contributed by atoms with E-state index in [0.29, 0.717) is 19.0 Å². The normalized spacial score (nSPS) is 26.9. The summed E-state index contributed by atoms with van der Waals surface area (Å²) in [6.07, 6.45) is 6.33. The molecule has 2 fully saturated rings. The van der Waals surface area contributed by atoms with E-state index in [2.05, 4.69) is 4.98 Å². The second-order valence-corrected chi connectivity index (χ2v) is 7.81. The quantitative estimate of drug-likeness (QED) is 0.715. The molecule has 4 rings (SSSR count). The van der Waals surface area contributed by atoms with Gasteiger partial charge in [-0.3, -0.25) is 4.40 Å². The van der Waals surface area contributed by atoms with Crippen molar-refractivity contribution in [1.29, 1.82) is 0 Å². The molecule has 2 unspecified atom stereocenters. The van der Waals surface area contributed by atoms with Gasteiger partial charge in [-0.2, -0.15) is 4.98 Å². The summed E-state index contributed by atoms with van der Waals surface area (Å²) in [4.78, 5) is 21.4. The van der Waals surface area contributed by atoms with Gasteiger partial charge in [0.1, 0.15) is 5.56 Å². The molecule has 146 valence electrons. The van der Waals surface area contributed by atoms with Gasteiger partial charge in [-0.15, -0.1) is 0 Å². The zero-order chi connectivity index (χ0) is 19.2. The van der Waals surface area contributed by atoms with Gasteiger partial charge in [-0.05, 0) is 33.1 Å². The molecule has 2 aliphatic rings. The van der Waals surface area contributed by atoms with Crippen LogP contribution in [0.5, 0.6) is 5.88 Å². The number of methoxy groups -OCH3 is 2. The van der Waals surface area contributed by atoms with E-state index in [1.165, 1.54) is 7.11 Å². The second kappa shape index (κ2) is 6.45. The molecule has 8 heteroatoms. The Hall–Kier alpha value is -2.19. The largest absolute Gasteiger partial charge is 0.474 e. The molecule has 0 N–H and O–H groups in total. The van der Waals surface area contributed by atoms with Gasteiger partial charge in [0.2, 0.25) is 11.7 Å². The van der Waals surface area contributed by atoms with Crippen LogP contribution in [0.25, 0.3) is 5.78 Å². The van der Waals surface area contributed by atoms with Crippen molar-refractivity contribution >= 4 is 11.7 Å². The smallest absolute Gasteiger partial charge is 0.344 e. The van der Waals surface area contributed by atoms with Crippen molar-refractivity contribution in [2.75, 3.05) is 27.4 Å². The summed E-state index contributed by atoms with van der Waals surface area (Å²) in [5.41, 5.74) is 0.878. The molecule has 2 aromatic rings. The minimum absolute atomic E-state index is 0.121. The Balaban J connectivity index is 1.74. The van der Waals surface area contributed by atoms with E-state index < -0.39 is 5.97 Å². The molecular formula is C19H25N3O5. The molecule has 0 amide bonds. The summed E-state index contributed by atoms with van der Waals surface area (Å²) in [6.45, 7) is 4.98. The number of hydrogen-bond acceptors (Lipinski definition) is 7. The van der Waals surface area contributed by atoms with E-state index >= 15 is 0 Å². The van der Waals surface area contributed by atoms with E-state index in [4.69, 9.17) is 23.9 Å². The van der Waals surface area contributed by atoms with Crippen LogP contribution in [0.1, 0.15) is 49.2 Å². The van der Waals surface area contributed by atoms with E-state index in [1.54, 1.807) is 17.7 Å². The van der Waals surface area contributed by atoms with E-state index in [1.807, 2.05) is 20.0 Å². The molecule has 2 aromatic heterocycles. The first-order valence-corrected chi connectivity index (χ1v) is 9.18. The number of carbonyl (C=O) groups excluding carboxylic acids is 1. The van der Waals surface area contributed by atoms with Crippen molar-refractivity contribution in [2.45, 2.75) is 50.2 Å². The van der Waals surface area contributed by atoms with E-state index in [9.17, 15) is 4.79 Å². The first-order chi connectivity index (χ1) is 12.9. The van der Waals surface area contributed by atoms with Crippen molar-refractivity contribution in [3.63, 3.8) is 0 Å². The zero-order valence-corrected chi connectivity index (χ0v) is 16.2. The summed E-state index contributed by atoms with van der Waals surface area (Å²) >= 11 is 0. The molecule has 1 saturated carbocycles. The fourth-order valence-corrected chi connectivity index (χ4v) is 4.24. The summed E-state index contributed by atoms with van der Waals surface area (Å²) in [7, 11) is 3.05. The van der Waals surface area contributed by atoms with Gasteiger partial charge in [0.05, 0.1) is 37.7 Å². The molecule has 2 atom stereocenters. The number of nitrogens with zero attached hydrogens (tertiary/aromatic N) is 3. The third-order valence-corrected chi connectivity index (χ3v) is 5.49. The monoisotopic (exact) mass is 375 g/mol. The lowest BCUT2D eigenvalue weighted by atomic mass is 9.84. The van der Waals surface area contributed by atoms with Crippen molar-refractivity contribution in [3.8, 4) is 5.88 Å². The van der Waals surface area contributed by atoms with Gasteiger partial charge in [0.25, 0.3) is 0 Å². The van der Waals surface area contributed by atoms with Crippen molar-refractivity contribution in [1.82, 2.24) is 14.4 Å². The number of aromatic nitrogens is 3. The highest BCUT2D eigenvalue weighted by atomic mass is 16.5. The van der Waals surface area contributed by atoms with E-state index in [-0.39, 0.29) is 28.6 Å². The summed E-state index contributed by atoms with van der Waals surface area (Å²) in [5, 5.41) is 0. The number of hydrogen-bond donors (Lipinski definition) is 0. The van der Waals surface area contributed by atoms with Crippen LogP contribution in [0.4, 0.5) is 0 Å². The number of rotatable bonds is 6. The number of carbonyl (C=O) groups is 1. The molecule has 0 radical (unpaired) electrons. The van der Waals surface area contributed by atoms with Gasteiger partial charge in [0.15, 0.2) is 0 Å². The van der Waals surface area contributed by atoms with Gasteiger partial charge < -0.3 is 18.9 Å². The first-order valence-electron chi connectivity index (χ1n) is 9.18. The topological polar surface area (TPSA) is 84.2 Å². The van der Waals surface area contributed by atoms with Gasteiger partial charge in [-0.1, -0.05) is 0 Å². The van der Waals surface area contributed by atoms with Crippen LogP contribution in [0, 0.1) is 0 Å². The van der Waals surface area contributed by atoms with Crippen LogP contribution < -0.4 is 4.74 Å². The summed E-state index contributed by atoms with van der Waals surface area (Å²) in [5.74, 6) is 0.248. The van der Waals surface area contributed by atoms with Gasteiger partial charge in [0, 0.05) is 24.9 Å². The maximum Gasteiger partial charge on any atom is 0.344 e. The van der Waals surface area contributed by atoms with Crippen LogP contribution in [-0.2, 0) is 19.6 Å². The van der Waals surface area contributed by atoms with Crippen LogP contribution in [0.2, 0.25) is 0 Å². The molecule has 27 heavy (non-hydrogen) atoms. The van der Waals surface area contributed by atoms with E-state index in [0.717, 1.165) is 25.0 Å². The molecule has 0 aromatic carbocycles. The Labute approximate surface area is 157 Å². The predicted molar refractivity (Wildman–Crippen MR) is 96.2 cm³/mol. The lowest BCUT2D eigenvalue weighted by Gasteiger charge is -2.27. The second-order valence-electron chi connectivity index (χ2n) is 7.81. The predicted octanol–water partition coefficient (Wildman–Crippen LogP) is 2.14. The Bertz CT molecular complexity index is 868. The highest BCUT2D eigenvalue weighted by Gasteiger charge is 2.57. The highest BCUT2D eigenvalue weighted by Crippen LogP contribution is 2.53. The number of ether oxygens (including phenoxy) is 4. The Morgan fingerprint density at radius 3 is 2.74 bits per heavy atom. The van der Waals surface area contributed by atoms with Crippen LogP contribution >= 0.6 is 0 Å². The molecule has 0 spiro atoms.